The van der Waals surface area contributed by atoms with E-state index in [0.29, 0.717) is 12.3 Å². The van der Waals surface area contributed by atoms with Crippen LogP contribution in [-0.2, 0) is 14.3 Å². The molecule has 1 aromatic rings. The number of benzene rings is 1. The topological polar surface area (TPSA) is 72.9 Å². The van der Waals surface area contributed by atoms with Crippen molar-refractivity contribution in [1.82, 2.24) is 4.90 Å². The van der Waals surface area contributed by atoms with E-state index >= 15 is 0 Å². The van der Waals surface area contributed by atoms with E-state index in [1.54, 1.807) is 30.3 Å². The molecular formula is C17H17NO5. The molecule has 1 aromatic carbocycles. The van der Waals surface area contributed by atoms with Crippen molar-refractivity contribution < 1.29 is 23.9 Å². The molecule has 3 aliphatic rings. The Balaban J connectivity index is 1.79. The number of esters is 1. The Hall–Kier alpha value is -2.63. The second-order valence-corrected chi connectivity index (χ2v) is 5.64. The highest BCUT2D eigenvalue weighted by Crippen LogP contribution is 2.39. The third-order valence-corrected chi connectivity index (χ3v) is 4.41. The largest absolute Gasteiger partial charge is 0.469 e. The van der Waals surface area contributed by atoms with Crippen LogP contribution in [0.25, 0.3) is 0 Å². The van der Waals surface area contributed by atoms with Crippen molar-refractivity contribution in [2.45, 2.75) is 6.04 Å². The van der Waals surface area contributed by atoms with E-state index in [2.05, 4.69) is 0 Å². The first-order chi connectivity index (χ1) is 11.2. The standard InChI is InChI=1S/C17H17NO5/c1-22-16(20)15-11-7-8-14(13(15)10-19)18(9-11)17(21)23-12-5-3-2-4-6-12/h2-8,10-11,13-15H,9H2,1H3. The van der Waals surface area contributed by atoms with Crippen LogP contribution in [0.1, 0.15) is 0 Å². The summed E-state index contributed by atoms with van der Waals surface area (Å²) in [4.78, 5) is 37.3. The van der Waals surface area contributed by atoms with Gasteiger partial charge >= 0.3 is 12.1 Å². The van der Waals surface area contributed by atoms with E-state index in [1.807, 2.05) is 12.1 Å². The lowest BCUT2D eigenvalue weighted by Gasteiger charge is -2.47. The van der Waals surface area contributed by atoms with Crippen molar-refractivity contribution in [3.8, 4) is 5.75 Å². The molecule has 2 bridgehead atoms. The third-order valence-electron chi connectivity index (χ3n) is 4.41. The van der Waals surface area contributed by atoms with Gasteiger partial charge in [0.1, 0.15) is 12.0 Å². The maximum atomic E-state index is 12.4. The fourth-order valence-corrected chi connectivity index (χ4v) is 3.31. The number of para-hydroxylation sites is 1. The first-order valence-corrected chi connectivity index (χ1v) is 7.40. The molecule has 2 heterocycles. The molecule has 0 N–H and O–H groups in total. The molecule has 120 valence electrons. The van der Waals surface area contributed by atoms with Crippen LogP contribution < -0.4 is 4.74 Å². The molecule has 4 rings (SSSR count). The number of hydrogen-bond acceptors (Lipinski definition) is 5. The zero-order valence-corrected chi connectivity index (χ0v) is 12.6. The van der Waals surface area contributed by atoms with Crippen LogP contribution in [0.3, 0.4) is 0 Å². The molecule has 23 heavy (non-hydrogen) atoms. The number of carbonyl (C=O) groups excluding carboxylic acids is 3. The van der Waals surface area contributed by atoms with Gasteiger partial charge in [-0.15, -0.1) is 0 Å². The van der Waals surface area contributed by atoms with Gasteiger partial charge in [0.05, 0.1) is 25.0 Å². The van der Waals surface area contributed by atoms with Crippen LogP contribution in [0.4, 0.5) is 4.79 Å². The van der Waals surface area contributed by atoms with Crippen molar-refractivity contribution in [2.24, 2.45) is 17.8 Å². The highest BCUT2D eigenvalue weighted by Gasteiger charge is 2.50. The number of rotatable bonds is 3. The van der Waals surface area contributed by atoms with Gasteiger partial charge in [-0.2, -0.15) is 0 Å². The highest BCUT2D eigenvalue weighted by molar-refractivity contribution is 5.81. The molecule has 0 spiro atoms. The minimum Gasteiger partial charge on any atom is -0.469 e. The number of nitrogens with zero attached hydrogens (tertiary/aromatic N) is 1. The smallest absolute Gasteiger partial charge is 0.415 e. The zero-order chi connectivity index (χ0) is 16.4. The molecule has 1 aliphatic carbocycles. The SMILES string of the molecule is COC(=O)C1C2C=CC(C1C=O)N(C(=O)Oc1ccccc1)C2. The van der Waals surface area contributed by atoms with Crippen molar-refractivity contribution in [3.05, 3.63) is 42.5 Å². The summed E-state index contributed by atoms with van der Waals surface area (Å²) in [6.07, 6.45) is 3.87. The first-order valence-electron chi connectivity index (χ1n) is 7.40. The number of fused-ring (bicyclic) bond motifs is 2. The van der Waals surface area contributed by atoms with Crippen LogP contribution in [0.2, 0.25) is 0 Å². The molecule has 6 heteroatoms. The summed E-state index contributed by atoms with van der Waals surface area (Å²) in [6.45, 7) is 0.330. The van der Waals surface area contributed by atoms with Gasteiger partial charge in [0.25, 0.3) is 0 Å². The van der Waals surface area contributed by atoms with Crippen molar-refractivity contribution in [3.63, 3.8) is 0 Å². The molecule has 4 atom stereocenters. The average molecular weight is 315 g/mol. The molecule has 1 fully saturated rings. The summed E-state index contributed by atoms with van der Waals surface area (Å²) >= 11 is 0. The maximum Gasteiger partial charge on any atom is 0.415 e. The molecule has 1 amide bonds. The van der Waals surface area contributed by atoms with Crippen molar-refractivity contribution in [2.75, 3.05) is 13.7 Å². The van der Waals surface area contributed by atoms with Crippen molar-refractivity contribution >= 4 is 18.3 Å². The molecule has 6 nitrogen and oxygen atoms in total. The van der Waals surface area contributed by atoms with Gasteiger partial charge < -0.3 is 19.2 Å². The quantitative estimate of drug-likeness (QED) is 0.482. The Morgan fingerprint density at radius 2 is 1.96 bits per heavy atom. The number of hydrogen-bond donors (Lipinski definition) is 0. The summed E-state index contributed by atoms with van der Waals surface area (Å²) in [6, 6.07) is 8.25. The summed E-state index contributed by atoms with van der Waals surface area (Å²) < 4.78 is 10.1. The zero-order valence-electron chi connectivity index (χ0n) is 12.6. The lowest BCUT2D eigenvalue weighted by Crippen LogP contribution is -2.59. The van der Waals surface area contributed by atoms with E-state index in [1.165, 1.54) is 12.0 Å². The van der Waals surface area contributed by atoms with Gasteiger partial charge in [0.2, 0.25) is 0 Å². The average Bonchev–Trinajstić information content (AvgIpc) is 2.61. The summed E-state index contributed by atoms with van der Waals surface area (Å²) in [5, 5.41) is 0. The van der Waals surface area contributed by atoms with E-state index < -0.39 is 29.9 Å². The Labute approximate surface area is 133 Å². The number of ether oxygens (including phenoxy) is 2. The summed E-state index contributed by atoms with van der Waals surface area (Å²) in [5.41, 5.74) is 0. The Morgan fingerprint density at radius 1 is 1.22 bits per heavy atom. The maximum absolute atomic E-state index is 12.4. The van der Waals surface area contributed by atoms with Crippen LogP contribution >= 0.6 is 0 Å². The van der Waals surface area contributed by atoms with Gasteiger partial charge in [0.15, 0.2) is 0 Å². The minimum atomic E-state index is -0.616. The predicted molar refractivity (Wildman–Crippen MR) is 80.7 cm³/mol. The second-order valence-electron chi connectivity index (χ2n) is 5.64. The molecule has 1 saturated heterocycles. The number of amides is 1. The second kappa shape index (κ2) is 6.24. The lowest BCUT2D eigenvalue weighted by molar-refractivity contribution is -0.154. The Kier molecular flexibility index (Phi) is 4.14. The van der Waals surface area contributed by atoms with Gasteiger partial charge in [0, 0.05) is 12.5 Å². The fraction of sp³-hybridized carbons (Fsp3) is 0.353. The Bertz CT molecular complexity index is 642. The molecule has 0 aromatic heterocycles. The van der Waals surface area contributed by atoms with E-state index in [4.69, 9.17) is 9.47 Å². The number of methoxy groups -OCH3 is 1. The van der Waals surface area contributed by atoms with E-state index in [0.717, 1.165) is 6.29 Å². The summed E-state index contributed by atoms with van der Waals surface area (Å²) in [5.74, 6) is -1.39. The molecule has 0 radical (unpaired) electrons. The van der Waals surface area contributed by atoms with Crippen LogP contribution in [-0.4, -0.2) is 42.9 Å². The van der Waals surface area contributed by atoms with E-state index in [9.17, 15) is 14.4 Å². The first kappa shape index (κ1) is 15.3. The lowest BCUT2D eigenvalue weighted by atomic mass is 9.69. The fourth-order valence-electron chi connectivity index (χ4n) is 3.31. The van der Waals surface area contributed by atoms with Gasteiger partial charge in [-0.1, -0.05) is 30.4 Å². The van der Waals surface area contributed by atoms with Crippen LogP contribution in [0.15, 0.2) is 42.5 Å². The molecule has 4 unspecified atom stereocenters. The number of aldehydes is 1. The highest BCUT2D eigenvalue weighted by atomic mass is 16.6. The third kappa shape index (κ3) is 2.72. The van der Waals surface area contributed by atoms with Crippen LogP contribution in [0, 0.1) is 17.8 Å². The monoisotopic (exact) mass is 315 g/mol. The summed E-state index contributed by atoms with van der Waals surface area (Å²) in [7, 11) is 1.30. The van der Waals surface area contributed by atoms with Crippen molar-refractivity contribution in [1.29, 1.82) is 0 Å². The normalized spacial score (nSPS) is 28.3. The van der Waals surface area contributed by atoms with Gasteiger partial charge in [-0.3, -0.25) is 4.79 Å². The van der Waals surface area contributed by atoms with Gasteiger partial charge in [-0.05, 0) is 12.1 Å². The Morgan fingerprint density at radius 3 is 2.61 bits per heavy atom. The van der Waals surface area contributed by atoms with Crippen LogP contribution in [0.5, 0.6) is 5.75 Å². The van der Waals surface area contributed by atoms with Gasteiger partial charge in [-0.25, -0.2) is 4.79 Å². The molecule has 0 saturated carbocycles. The van der Waals surface area contributed by atoms with E-state index in [-0.39, 0.29) is 5.92 Å². The number of carbonyl (C=O) groups is 3. The predicted octanol–water partition coefficient (Wildman–Crippen LogP) is 1.66. The minimum absolute atomic E-state index is 0.244. The molecule has 2 aliphatic heterocycles. The molecular weight excluding hydrogens is 298 g/mol. The number of piperidine rings is 1.